The van der Waals surface area contributed by atoms with Gasteiger partial charge in [-0.3, -0.25) is 13.9 Å². The van der Waals surface area contributed by atoms with E-state index in [4.69, 9.17) is 0 Å². The van der Waals surface area contributed by atoms with Gasteiger partial charge in [-0.25, -0.2) is 4.79 Å². The van der Waals surface area contributed by atoms with Crippen LogP contribution in [0.25, 0.3) is 27.8 Å². The highest BCUT2D eigenvalue weighted by atomic mass is 79.9. The average molecular weight is 410 g/mol. The lowest BCUT2D eigenvalue weighted by Crippen LogP contribution is -2.36. The van der Waals surface area contributed by atoms with Gasteiger partial charge in [-0.2, -0.15) is 0 Å². The normalized spacial score (nSPS) is 11.2. The number of para-hydroxylation sites is 1. The lowest BCUT2D eigenvalue weighted by Gasteiger charge is -2.10. The van der Waals surface area contributed by atoms with Gasteiger partial charge in [0, 0.05) is 30.5 Å². The molecule has 26 heavy (non-hydrogen) atoms. The molecule has 0 unspecified atom stereocenters. The summed E-state index contributed by atoms with van der Waals surface area (Å²) in [7, 11) is 3.19. The van der Waals surface area contributed by atoms with Crippen LogP contribution in [-0.4, -0.2) is 13.7 Å². The van der Waals surface area contributed by atoms with Gasteiger partial charge in [0.25, 0.3) is 5.56 Å². The summed E-state index contributed by atoms with van der Waals surface area (Å²) in [4.78, 5) is 25.3. The Morgan fingerprint density at radius 1 is 0.846 bits per heavy atom. The summed E-state index contributed by atoms with van der Waals surface area (Å²) < 4.78 is 5.59. The molecule has 0 amide bonds. The third-order valence-corrected chi connectivity index (χ3v) is 5.12. The van der Waals surface area contributed by atoms with Gasteiger partial charge in [0.2, 0.25) is 0 Å². The first kappa shape index (κ1) is 16.6. The van der Waals surface area contributed by atoms with Gasteiger partial charge < -0.3 is 4.57 Å². The molecule has 2 aromatic heterocycles. The van der Waals surface area contributed by atoms with Gasteiger partial charge >= 0.3 is 5.69 Å². The molecule has 0 saturated carbocycles. The van der Waals surface area contributed by atoms with Gasteiger partial charge in [-0.15, -0.1) is 0 Å². The van der Waals surface area contributed by atoms with Crippen LogP contribution in [0.4, 0.5) is 0 Å². The van der Waals surface area contributed by atoms with E-state index in [0.717, 1.165) is 26.0 Å². The second-order valence-electron chi connectivity index (χ2n) is 6.16. The van der Waals surface area contributed by atoms with Crippen molar-refractivity contribution in [3.63, 3.8) is 0 Å². The molecule has 2 aromatic carbocycles. The second-order valence-corrected chi connectivity index (χ2v) is 7.07. The Morgan fingerprint density at radius 3 is 2.15 bits per heavy atom. The minimum atomic E-state index is -0.338. The maximum absolute atomic E-state index is 12.9. The fraction of sp³-hybridized carbons (Fsp3) is 0.100. The monoisotopic (exact) mass is 409 g/mol. The van der Waals surface area contributed by atoms with Crippen molar-refractivity contribution in [2.75, 3.05) is 0 Å². The molecule has 0 bridgehead atoms. The highest BCUT2D eigenvalue weighted by Gasteiger charge is 2.19. The number of hydrogen-bond donors (Lipinski definition) is 0. The molecule has 0 spiro atoms. The van der Waals surface area contributed by atoms with Crippen molar-refractivity contribution >= 4 is 26.8 Å². The highest BCUT2D eigenvalue weighted by Crippen LogP contribution is 2.31. The number of hydrogen-bond acceptors (Lipinski definition) is 2. The number of rotatable bonds is 2. The summed E-state index contributed by atoms with van der Waals surface area (Å²) in [6, 6.07) is 17.6. The van der Waals surface area contributed by atoms with Crippen molar-refractivity contribution in [3.8, 4) is 16.9 Å². The molecule has 130 valence electrons. The summed E-state index contributed by atoms with van der Waals surface area (Å²) in [5.74, 6) is 0. The van der Waals surface area contributed by atoms with E-state index in [9.17, 15) is 9.59 Å². The van der Waals surface area contributed by atoms with Gasteiger partial charge in [0.05, 0.1) is 16.6 Å². The zero-order valence-electron chi connectivity index (χ0n) is 14.3. The van der Waals surface area contributed by atoms with Gasteiger partial charge in [-0.1, -0.05) is 46.3 Å². The summed E-state index contributed by atoms with van der Waals surface area (Å²) in [6.45, 7) is 0. The molecule has 0 N–H and O–H groups in total. The van der Waals surface area contributed by atoms with E-state index in [1.807, 2.05) is 65.4 Å². The standard InChI is InChI=1S/C20H16BrN3O2/c1-22-16-12-24(15-6-4-3-5-7-15)18(13-8-10-14(21)11-9-13)17(16)19(25)23(2)20(22)26/h3-12H,1-2H3. The summed E-state index contributed by atoms with van der Waals surface area (Å²) in [6.07, 6.45) is 1.85. The molecule has 0 atom stereocenters. The molecule has 4 aromatic rings. The lowest BCUT2D eigenvalue weighted by atomic mass is 10.1. The van der Waals surface area contributed by atoms with Crippen LogP contribution in [0.1, 0.15) is 0 Å². The van der Waals surface area contributed by atoms with Crippen LogP contribution in [0.15, 0.2) is 74.9 Å². The van der Waals surface area contributed by atoms with Gasteiger partial charge in [0.1, 0.15) is 0 Å². The van der Waals surface area contributed by atoms with E-state index in [0.29, 0.717) is 10.9 Å². The van der Waals surface area contributed by atoms with E-state index >= 15 is 0 Å². The molecule has 2 heterocycles. The number of fused-ring (bicyclic) bond motifs is 1. The Kier molecular flexibility index (Phi) is 3.92. The molecule has 0 aliphatic heterocycles. The van der Waals surface area contributed by atoms with Crippen molar-refractivity contribution in [1.82, 2.24) is 13.7 Å². The maximum atomic E-state index is 12.9. The zero-order valence-corrected chi connectivity index (χ0v) is 15.9. The topological polar surface area (TPSA) is 48.9 Å². The first-order valence-electron chi connectivity index (χ1n) is 8.11. The third kappa shape index (κ3) is 2.45. The molecule has 4 rings (SSSR count). The quantitative estimate of drug-likeness (QED) is 0.508. The number of halogens is 1. The van der Waals surface area contributed by atoms with Crippen molar-refractivity contribution in [1.29, 1.82) is 0 Å². The van der Waals surface area contributed by atoms with E-state index in [2.05, 4.69) is 15.9 Å². The van der Waals surface area contributed by atoms with Crippen LogP contribution in [0.5, 0.6) is 0 Å². The zero-order chi connectivity index (χ0) is 18.4. The van der Waals surface area contributed by atoms with Crippen molar-refractivity contribution in [3.05, 3.63) is 86.1 Å². The predicted molar refractivity (Wildman–Crippen MR) is 107 cm³/mol. The summed E-state index contributed by atoms with van der Waals surface area (Å²) in [5, 5.41) is 0.528. The van der Waals surface area contributed by atoms with Crippen LogP contribution in [-0.2, 0) is 14.1 Å². The van der Waals surface area contributed by atoms with Crippen LogP contribution in [0.3, 0.4) is 0 Å². The van der Waals surface area contributed by atoms with E-state index in [-0.39, 0.29) is 11.2 Å². The summed E-state index contributed by atoms with van der Waals surface area (Å²) in [5.41, 5.74) is 2.58. The number of aromatic nitrogens is 3. The third-order valence-electron chi connectivity index (χ3n) is 4.59. The lowest BCUT2D eigenvalue weighted by molar-refractivity contribution is 0.714. The fourth-order valence-electron chi connectivity index (χ4n) is 3.22. The number of aryl methyl sites for hydroxylation is 1. The fourth-order valence-corrected chi connectivity index (χ4v) is 3.49. The van der Waals surface area contributed by atoms with Gasteiger partial charge in [-0.05, 0) is 29.8 Å². The van der Waals surface area contributed by atoms with Crippen molar-refractivity contribution in [2.24, 2.45) is 14.1 Å². The van der Waals surface area contributed by atoms with E-state index in [1.165, 1.54) is 11.6 Å². The average Bonchev–Trinajstić information content (AvgIpc) is 3.07. The molecule has 0 aliphatic carbocycles. The predicted octanol–water partition coefficient (Wildman–Crippen LogP) is 3.46. The van der Waals surface area contributed by atoms with Crippen LogP contribution < -0.4 is 11.2 Å². The van der Waals surface area contributed by atoms with Crippen LogP contribution >= 0.6 is 15.9 Å². The largest absolute Gasteiger partial charge is 0.330 e. The Bertz CT molecular complexity index is 1230. The number of benzene rings is 2. The molecule has 0 fully saturated rings. The molecule has 0 aliphatic rings. The molecule has 0 saturated heterocycles. The van der Waals surface area contributed by atoms with E-state index in [1.54, 1.807) is 7.05 Å². The Labute approximate surface area is 157 Å². The molecule has 6 heteroatoms. The highest BCUT2D eigenvalue weighted by molar-refractivity contribution is 9.10. The molecular formula is C20H16BrN3O2. The second kappa shape index (κ2) is 6.14. The minimum Gasteiger partial charge on any atom is -0.314 e. The smallest absolute Gasteiger partial charge is 0.314 e. The number of nitrogens with zero attached hydrogens (tertiary/aromatic N) is 3. The minimum absolute atomic E-state index is 0.296. The van der Waals surface area contributed by atoms with Crippen molar-refractivity contribution in [2.45, 2.75) is 0 Å². The SMILES string of the molecule is Cn1c(=O)c2c(-c3ccc(Br)cc3)n(-c3ccccc3)cc2n(C)c1=O. The first-order valence-corrected chi connectivity index (χ1v) is 8.91. The van der Waals surface area contributed by atoms with Gasteiger partial charge in [0.15, 0.2) is 0 Å². The maximum Gasteiger partial charge on any atom is 0.330 e. The Balaban J connectivity index is 2.21. The summed E-state index contributed by atoms with van der Waals surface area (Å²) >= 11 is 3.45. The molecule has 5 nitrogen and oxygen atoms in total. The Hall–Kier alpha value is -2.86. The van der Waals surface area contributed by atoms with Crippen molar-refractivity contribution < 1.29 is 0 Å². The Morgan fingerprint density at radius 2 is 1.50 bits per heavy atom. The van der Waals surface area contributed by atoms with Crippen LogP contribution in [0.2, 0.25) is 0 Å². The van der Waals surface area contributed by atoms with E-state index < -0.39 is 0 Å². The molecule has 0 radical (unpaired) electrons. The molecular weight excluding hydrogens is 394 g/mol. The van der Waals surface area contributed by atoms with Crippen LogP contribution in [0, 0.1) is 0 Å². The first-order chi connectivity index (χ1) is 12.5.